The molecular formula is C17H17Cl2N7O3. The first-order valence-corrected chi connectivity index (χ1v) is 9.27. The fourth-order valence-electron chi connectivity index (χ4n) is 2.87. The molecule has 0 saturated carbocycles. The zero-order valence-corrected chi connectivity index (χ0v) is 17.3. The van der Waals surface area contributed by atoms with Crippen LogP contribution in [-0.2, 0) is 11.3 Å². The standard InChI is InChI=1S/C17H17Cl2N7O3/c1-9-15(26(28)29)10(2)25(22-9)11(3)16(27)21-17-20-8-24(23-17)7-12-4-5-13(18)6-14(12)19/h4-6,8,11H,7H2,1-3H3,(H,21,23,27). The Morgan fingerprint density at radius 1 is 1.31 bits per heavy atom. The number of carbonyl (C=O) groups excluding carboxylic acids is 1. The molecule has 0 fully saturated rings. The van der Waals surface area contributed by atoms with E-state index < -0.39 is 16.9 Å². The number of nitrogens with one attached hydrogen (secondary N) is 1. The first-order valence-electron chi connectivity index (χ1n) is 8.51. The monoisotopic (exact) mass is 437 g/mol. The Morgan fingerprint density at radius 2 is 2.03 bits per heavy atom. The first-order chi connectivity index (χ1) is 13.7. The van der Waals surface area contributed by atoms with Crippen LogP contribution in [0.25, 0.3) is 0 Å². The van der Waals surface area contributed by atoms with E-state index in [9.17, 15) is 14.9 Å². The topological polar surface area (TPSA) is 121 Å². The molecule has 1 amide bonds. The number of benzene rings is 1. The summed E-state index contributed by atoms with van der Waals surface area (Å²) >= 11 is 12.0. The van der Waals surface area contributed by atoms with Crippen LogP contribution in [0.2, 0.25) is 10.0 Å². The Bertz CT molecular complexity index is 1090. The number of hydrogen-bond donors (Lipinski definition) is 1. The van der Waals surface area contributed by atoms with Crippen molar-refractivity contribution in [2.24, 2.45) is 0 Å². The number of aryl methyl sites for hydroxylation is 1. The van der Waals surface area contributed by atoms with Gasteiger partial charge >= 0.3 is 5.69 Å². The third-order valence-electron chi connectivity index (χ3n) is 4.33. The second kappa shape index (κ2) is 8.18. The third-order valence-corrected chi connectivity index (χ3v) is 4.92. The highest BCUT2D eigenvalue weighted by atomic mass is 35.5. The maximum atomic E-state index is 12.5. The SMILES string of the molecule is Cc1nn(C(C)C(=O)Nc2ncn(Cc3ccc(Cl)cc3Cl)n2)c(C)c1[N+](=O)[O-]. The van der Waals surface area contributed by atoms with Crippen LogP contribution in [0.15, 0.2) is 24.5 Å². The largest absolute Gasteiger partial charge is 0.312 e. The molecule has 3 aromatic rings. The Morgan fingerprint density at radius 3 is 2.66 bits per heavy atom. The van der Waals surface area contributed by atoms with E-state index in [1.54, 1.807) is 32.0 Å². The molecule has 0 spiro atoms. The van der Waals surface area contributed by atoms with Crippen molar-refractivity contribution in [3.8, 4) is 0 Å². The van der Waals surface area contributed by atoms with Crippen LogP contribution in [-0.4, -0.2) is 35.4 Å². The summed E-state index contributed by atoms with van der Waals surface area (Å²) in [6, 6.07) is 4.34. The fraction of sp³-hybridized carbons (Fsp3) is 0.294. The number of hydrogen-bond acceptors (Lipinski definition) is 6. The van der Waals surface area contributed by atoms with Crippen LogP contribution in [0.3, 0.4) is 0 Å². The highest BCUT2D eigenvalue weighted by Gasteiger charge is 2.27. The van der Waals surface area contributed by atoms with Gasteiger partial charge in [0.05, 0.1) is 11.5 Å². The van der Waals surface area contributed by atoms with Crippen molar-refractivity contribution < 1.29 is 9.72 Å². The Balaban J connectivity index is 1.72. The molecule has 2 heterocycles. The lowest BCUT2D eigenvalue weighted by Gasteiger charge is -2.12. The van der Waals surface area contributed by atoms with Crippen LogP contribution in [0.1, 0.15) is 29.9 Å². The van der Waals surface area contributed by atoms with E-state index in [4.69, 9.17) is 23.2 Å². The molecule has 29 heavy (non-hydrogen) atoms. The van der Waals surface area contributed by atoms with E-state index in [-0.39, 0.29) is 17.3 Å². The minimum atomic E-state index is -0.792. The highest BCUT2D eigenvalue weighted by molar-refractivity contribution is 6.35. The van der Waals surface area contributed by atoms with Gasteiger partial charge in [-0.05, 0) is 38.5 Å². The maximum absolute atomic E-state index is 12.5. The van der Waals surface area contributed by atoms with Crippen LogP contribution in [0.5, 0.6) is 0 Å². The van der Waals surface area contributed by atoms with E-state index in [0.717, 1.165) is 5.56 Å². The smallest absolute Gasteiger partial charge is 0.291 e. The van der Waals surface area contributed by atoms with Gasteiger partial charge in [-0.2, -0.15) is 5.10 Å². The molecule has 1 atom stereocenters. The van der Waals surface area contributed by atoms with Crippen LogP contribution in [0.4, 0.5) is 11.6 Å². The summed E-state index contributed by atoms with van der Waals surface area (Å²) < 4.78 is 2.83. The van der Waals surface area contributed by atoms with Crippen molar-refractivity contribution in [3.05, 3.63) is 61.6 Å². The lowest BCUT2D eigenvalue weighted by molar-refractivity contribution is -0.386. The van der Waals surface area contributed by atoms with Gasteiger partial charge in [0, 0.05) is 10.0 Å². The first kappa shape index (κ1) is 20.7. The van der Waals surface area contributed by atoms with Gasteiger partial charge in [0.15, 0.2) is 0 Å². The number of carbonyl (C=O) groups is 1. The summed E-state index contributed by atoms with van der Waals surface area (Å²) in [6.45, 7) is 5.00. The molecule has 0 saturated heterocycles. The number of nitro groups is 1. The summed E-state index contributed by atoms with van der Waals surface area (Å²) in [5, 5.41) is 23.1. The zero-order valence-electron chi connectivity index (χ0n) is 15.8. The van der Waals surface area contributed by atoms with E-state index >= 15 is 0 Å². The van der Waals surface area contributed by atoms with Gasteiger partial charge in [-0.15, -0.1) is 5.10 Å². The molecule has 1 N–H and O–H groups in total. The third kappa shape index (κ3) is 4.38. The number of anilines is 1. The lowest BCUT2D eigenvalue weighted by Crippen LogP contribution is -2.26. The normalized spacial score (nSPS) is 12.0. The van der Waals surface area contributed by atoms with Gasteiger partial charge < -0.3 is 0 Å². The Labute approximate surface area is 175 Å². The molecule has 0 aliphatic heterocycles. The van der Waals surface area contributed by atoms with E-state index in [1.165, 1.54) is 22.6 Å². The summed E-state index contributed by atoms with van der Waals surface area (Å²) in [7, 11) is 0. The van der Waals surface area contributed by atoms with Crippen molar-refractivity contribution in [1.29, 1.82) is 0 Å². The number of rotatable bonds is 6. The van der Waals surface area contributed by atoms with Gasteiger partial charge in [0.25, 0.3) is 5.91 Å². The lowest BCUT2D eigenvalue weighted by atomic mass is 10.2. The Kier molecular flexibility index (Phi) is 5.85. The molecule has 0 radical (unpaired) electrons. The molecule has 3 rings (SSSR count). The summed E-state index contributed by atoms with van der Waals surface area (Å²) in [6.07, 6.45) is 1.46. The summed E-state index contributed by atoms with van der Waals surface area (Å²) in [4.78, 5) is 27.2. The van der Waals surface area contributed by atoms with Crippen molar-refractivity contribution in [1.82, 2.24) is 24.5 Å². The minimum Gasteiger partial charge on any atom is -0.291 e. The quantitative estimate of drug-likeness (QED) is 0.464. The van der Waals surface area contributed by atoms with Gasteiger partial charge in [0.2, 0.25) is 5.95 Å². The molecule has 1 aromatic carbocycles. The molecule has 2 aromatic heterocycles. The van der Waals surface area contributed by atoms with Crippen molar-refractivity contribution in [2.75, 3.05) is 5.32 Å². The van der Waals surface area contributed by atoms with E-state index in [0.29, 0.717) is 22.3 Å². The van der Waals surface area contributed by atoms with Crippen molar-refractivity contribution >= 4 is 40.7 Å². The summed E-state index contributed by atoms with van der Waals surface area (Å²) in [5.74, 6) is -0.351. The molecule has 12 heteroatoms. The van der Waals surface area contributed by atoms with Crippen molar-refractivity contribution in [3.63, 3.8) is 0 Å². The number of amides is 1. The summed E-state index contributed by atoms with van der Waals surface area (Å²) in [5.41, 5.74) is 1.23. The van der Waals surface area contributed by atoms with Gasteiger partial charge in [-0.3, -0.25) is 24.9 Å². The van der Waals surface area contributed by atoms with Crippen molar-refractivity contribution in [2.45, 2.75) is 33.4 Å². The number of nitrogens with zero attached hydrogens (tertiary/aromatic N) is 6. The van der Waals surface area contributed by atoms with Gasteiger partial charge in [-0.1, -0.05) is 29.3 Å². The average molecular weight is 438 g/mol. The van der Waals surface area contributed by atoms with Crippen LogP contribution in [0, 0.1) is 24.0 Å². The minimum absolute atomic E-state index is 0.1000. The predicted octanol–water partition coefficient (Wildman–Crippen LogP) is 3.55. The molecule has 0 aliphatic rings. The van der Waals surface area contributed by atoms with Crippen LogP contribution >= 0.6 is 23.2 Å². The molecule has 0 bridgehead atoms. The number of halogens is 2. The zero-order chi connectivity index (χ0) is 21.3. The fourth-order valence-corrected chi connectivity index (χ4v) is 3.34. The van der Waals surface area contributed by atoms with Gasteiger partial charge in [-0.25, -0.2) is 9.67 Å². The Hall–Kier alpha value is -2.98. The second-order valence-electron chi connectivity index (χ2n) is 6.39. The molecule has 1 unspecified atom stereocenters. The van der Waals surface area contributed by atoms with Gasteiger partial charge in [0.1, 0.15) is 23.8 Å². The van der Waals surface area contributed by atoms with Crippen LogP contribution < -0.4 is 5.32 Å². The second-order valence-corrected chi connectivity index (χ2v) is 7.23. The van der Waals surface area contributed by atoms with E-state index in [2.05, 4.69) is 20.5 Å². The molecule has 0 aliphatic carbocycles. The predicted molar refractivity (Wildman–Crippen MR) is 107 cm³/mol. The highest BCUT2D eigenvalue weighted by Crippen LogP contribution is 2.25. The molecular weight excluding hydrogens is 421 g/mol. The number of aromatic nitrogens is 5. The molecule has 152 valence electrons. The van der Waals surface area contributed by atoms with E-state index in [1.807, 2.05) is 0 Å². The average Bonchev–Trinajstić information content (AvgIpc) is 3.20. The maximum Gasteiger partial charge on any atom is 0.312 e. The molecule has 10 nitrogen and oxygen atoms in total.